The Morgan fingerprint density at radius 3 is 2.65 bits per heavy atom. The molecular weight excluding hydrogens is 402 g/mol. The number of cyclic esters (lactones) is 1. The van der Waals surface area contributed by atoms with E-state index in [0.29, 0.717) is 24.3 Å². The summed E-state index contributed by atoms with van der Waals surface area (Å²) >= 11 is 0. The molecule has 1 aromatic heterocycles. The number of nitrogens with zero attached hydrogens (tertiary/aromatic N) is 4. The first-order valence-corrected chi connectivity index (χ1v) is 10.1. The molecule has 2 saturated heterocycles. The molecule has 0 saturated carbocycles. The first kappa shape index (κ1) is 19.4. The van der Waals surface area contributed by atoms with E-state index in [1.165, 1.54) is 9.58 Å². The van der Waals surface area contributed by atoms with Crippen LogP contribution in [0.25, 0.3) is 11.3 Å². The quantitative estimate of drug-likeness (QED) is 0.573. The van der Waals surface area contributed by atoms with Crippen molar-refractivity contribution < 1.29 is 23.9 Å². The molecule has 0 aliphatic carbocycles. The van der Waals surface area contributed by atoms with Crippen molar-refractivity contribution in [3.05, 3.63) is 35.5 Å². The number of hydrogen-bond acceptors (Lipinski definition) is 7. The van der Waals surface area contributed by atoms with Crippen LogP contribution in [0.3, 0.4) is 0 Å². The molecule has 0 radical (unpaired) electrons. The number of ether oxygens (including phenoxy) is 1. The normalized spacial score (nSPS) is 24.9. The van der Waals surface area contributed by atoms with Crippen molar-refractivity contribution in [1.82, 2.24) is 25.2 Å². The van der Waals surface area contributed by atoms with E-state index in [2.05, 4.69) is 15.6 Å². The average molecular weight is 423 g/mol. The van der Waals surface area contributed by atoms with Crippen LogP contribution in [0.2, 0.25) is 0 Å². The van der Waals surface area contributed by atoms with Crippen LogP contribution in [-0.4, -0.2) is 56.2 Å². The van der Waals surface area contributed by atoms with Gasteiger partial charge < -0.3 is 9.64 Å². The van der Waals surface area contributed by atoms with Gasteiger partial charge in [-0.25, -0.2) is 9.48 Å². The van der Waals surface area contributed by atoms with E-state index in [1.807, 2.05) is 19.9 Å². The van der Waals surface area contributed by atoms with E-state index < -0.39 is 23.4 Å². The van der Waals surface area contributed by atoms with Gasteiger partial charge in [0.25, 0.3) is 5.91 Å². The zero-order chi connectivity index (χ0) is 21.9. The second-order valence-electron chi connectivity index (χ2n) is 8.81. The van der Waals surface area contributed by atoms with Crippen molar-refractivity contribution in [2.75, 3.05) is 6.61 Å². The number of piperidine rings is 1. The van der Waals surface area contributed by atoms with E-state index in [4.69, 9.17) is 4.74 Å². The molecule has 2 aromatic rings. The zero-order valence-electron chi connectivity index (χ0n) is 17.1. The molecule has 0 bridgehead atoms. The summed E-state index contributed by atoms with van der Waals surface area (Å²) in [6.45, 7) is 4.41. The average Bonchev–Trinajstić information content (AvgIpc) is 3.38. The Hall–Kier alpha value is -3.56. The van der Waals surface area contributed by atoms with Gasteiger partial charge >= 0.3 is 5.97 Å². The number of rotatable bonds is 3. The molecule has 4 heterocycles. The molecule has 1 N–H and O–H groups in total. The Labute approximate surface area is 177 Å². The smallest absolute Gasteiger partial charge is 0.331 e. The van der Waals surface area contributed by atoms with Gasteiger partial charge in [-0.1, -0.05) is 31.2 Å². The van der Waals surface area contributed by atoms with Crippen LogP contribution >= 0.6 is 0 Å². The zero-order valence-corrected chi connectivity index (χ0v) is 17.1. The van der Waals surface area contributed by atoms with Crippen LogP contribution in [0.1, 0.15) is 48.7 Å². The predicted octanol–water partition coefficient (Wildman–Crippen LogP) is 0.830. The molecule has 3 aliphatic heterocycles. The Balaban J connectivity index is 1.47. The molecule has 2 unspecified atom stereocenters. The van der Waals surface area contributed by atoms with Crippen LogP contribution in [0.4, 0.5) is 0 Å². The second kappa shape index (κ2) is 6.73. The minimum atomic E-state index is -0.685. The Morgan fingerprint density at radius 2 is 1.94 bits per heavy atom. The summed E-state index contributed by atoms with van der Waals surface area (Å²) in [5.41, 5.74) is 2.08. The minimum Gasteiger partial charge on any atom is -0.463 e. The van der Waals surface area contributed by atoms with Crippen molar-refractivity contribution >= 4 is 23.7 Å². The third kappa shape index (κ3) is 3.01. The third-order valence-electron chi connectivity index (χ3n) is 6.18. The first-order chi connectivity index (χ1) is 14.8. The van der Waals surface area contributed by atoms with Crippen LogP contribution in [0, 0.1) is 5.41 Å². The third-order valence-corrected chi connectivity index (χ3v) is 6.18. The first-order valence-electron chi connectivity index (χ1n) is 10.1. The highest BCUT2D eigenvalue weighted by Crippen LogP contribution is 2.39. The lowest BCUT2D eigenvalue weighted by Gasteiger charge is -2.29. The van der Waals surface area contributed by atoms with Gasteiger partial charge in [-0.2, -0.15) is 0 Å². The monoisotopic (exact) mass is 423 g/mol. The molecular formula is C21H21N5O5. The summed E-state index contributed by atoms with van der Waals surface area (Å²) in [5.74, 6) is -1.37. The van der Waals surface area contributed by atoms with Gasteiger partial charge in [0.15, 0.2) is 6.04 Å². The number of nitrogens with one attached hydrogen (secondary N) is 1. The number of carbonyl (C=O) groups is 4. The van der Waals surface area contributed by atoms with E-state index in [0.717, 1.165) is 11.1 Å². The molecule has 5 rings (SSSR count). The Kier molecular flexibility index (Phi) is 4.21. The fourth-order valence-corrected chi connectivity index (χ4v) is 4.55. The second-order valence-corrected chi connectivity index (χ2v) is 8.81. The summed E-state index contributed by atoms with van der Waals surface area (Å²) in [6.07, 6.45) is 2.19. The lowest BCUT2D eigenvalue weighted by molar-refractivity contribution is -0.141. The van der Waals surface area contributed by atoms with Crippen LogP contribution in [0.15, 0.2) is 24.4 Å². The number of benzene rings is 1. The summed E-state index contributed by atoms with van der Waals surface area (Å²) in [6, 6.07) is 4.05. The molecule has 3 aliphatic rings. The van der Waals surface area contributed by atoms with Crippen molar-refractivity contribution in [2.24, 2.45) is 5.41 Å². The number of amides is 3. The molecule has 160 valence electrons. The molecule has 2 atom stereocenters. The van der Waals surface area contributed by atoms with E-state index in [9.17, 15) is 19.2 Å². The van der Waals surface area contributed by atoms with Crippen LogP contribution < -0.4 is 5.32 Å². The maximum Gasteiger partial charge on any atom is 0.331 e. The standard InChI is InChI=1S/C21H21N5O5/c1-21(2)10-31-20(30)17(21)26-9-14(23-24-26)11-4-3-5-12-13(11)8-25(19(12)29)15-6-7-16(27)22-18(15)28/h3-5,9,15,17H,6-8,10H2,1-2H3,(H,22,27,28). The largest absolute Gasteiger partial charge is 0.463 e. The minimum absolute atomic E-state index is 0.199. The van der Waals surface area contributed by atoms with Crippen LogP contribution in [-0.2, 0) is 25.7 Å². The number of aromatic nitrogens is 3. The fraction of sp³-hybridized carbons (Fsp3) is 0.429. The fourth-order valence-electron chi connectivity index (χ4n) is 4.55. The molecule has 3 amide bonds. The number of fused-ring (bicyclic) bond motifs is 1. The summed E-state index contributed by atoms with van der Waals surface area (Å²) < 4.78 is 6.71. The maximum atomic E-state index is 13.0. The Morgan fingerprint density at radius 1 is 1.16 bits per heavy atom. The molecule has 10 nitrogen and oxygen atoms in total. The van der Waals surface area contributed by atoms with E-state index >= 15 is 0 Å². The molecule has 2 fully saturated rings. The van der Waals surface area contributed by atoms with Gasteiger partial charge in [0, 0.05) is 29.5 Å². The Bertz CT molecular complexity index is 1140. The summed E-state index contributed by atoms with van der Waals surface area (Å²) in [4.78, 5) is 50.5. The number of imide groups is 1. The highest BCUT2D eigenvalue weighted by molar-refractivity contribution is 6.06. The van der Waals surface area contributed by atoms with Crippen LogP contribution in [0.5, 0.6) is 0 Å². The molecule has 10 heteroatoms. The van der Waals surface area contributed by atoms with Gasteiger partial charge in [0.1, 0.15) is 11.7 Å². The van der Waals surface area contributed by atoms with Crippen molar-refractivity contribution in [2.45, 2.75) is 45.3 Å². The number of hydrogen-bond donors (Lipinski definition) is 1. The van der Waals surface area contributed by atoms with E-state index in [1.54, 1.807) is 18.3 Å². The van der Waals surface area contributed by atoms with Crippen molar-refractivity contribution in [1.29, 1.82) is 0 Å². The number of carbonyl (C=O) groups excluding carboxylic acids is 4. The van der Waals surface area contributed by atoms with Gasteiger partial charge in [-0.05, 0) is 18.1 Å². The van der Waals surface area contributed by atoms with Gasteiger partial charge in [0.2, 0.25) is 11.8 Å². The number of esters is 1. The maximum absolute atomic E-state index is 13.0. The van der Waals surface area contributed by atoms with Gasteiger partial charge in [0.05, 0.1) is 12.8 Å². The molecule has 0 spiro atoms. The molecule has 31 heavy (non-hydrogen) atoms. The SMILES string of the molecule is CC1(C)COC(=O)C1n1cc(-c2cccc3c2CN(C2CCC(=O)NC2=O)C3=O)nn1. The lowest BCUT2D eigenvalue weighted by Crippen LogP contribution is -2.52. The molecule has 1 aromatic carbocycles. The van der Waals surface area contributed by atoms with Gasteiger partial charge in [-0.15, -0.1) is 5.10 Å². The van der Waals surface area contributed by atoms with Gasteiger partial charge in [-0.3, -0.25) is 19.7 Å². The summed E-state index contributed by atoms with van der Waals surface area (Å²) in [5, 5.41) is 10.7. The highest BCUT2D eigenvalue weighted by Gasteiger charge is 2.46. The predicted molar refractivity (Wildman–Crippen MR) is 105 cm³/mol. The van der Waals surface area contributed by atoms with Crippen molar-refractivity contribution in [3.63, 3.8) is 0 Å². The van der Waals surface area contributed by atoms with E-state index in [-0.39, 0.29) is 30.7 Å². The van der Waals surface area contributed by atoms with Crippen molar-refractivity contribution in [3.8, 4) is 11.3 Å². The lowest BCUT2D eigenvalue weighted by atomic mass is 9.88. The highest BCUT2D eigenvalue weighted by atomic mass is 16.5. The summed E-state index contributed by atoms with van der Waals surface area (Å²) in [7, 11) is 0. The topological polar surface area (TPSA) is 123 Å².